The fraction of sp³-hybridized carbons (Fsp3) is 0.364. The Labute approximate surface area is 169 Å². The molecule has 0 bridgehead atoms. The molecule has 3 heterocycles. The first kappa shape index (κ1) is 19.3. The van der Waals surface area contributed by atoms with E-state index in [1.165, 1.54) is 38.5 Å². The van der Waals surface area contributed by atoms with Crippen molar-refractivity contribution in [2.75, 3.05) is 26.2 Å². The summed E-state index contributed by atoms with van der Waals surface area (Å²) in [6.07, 6.45) is 6.20. The van der Waals surface area contributed by atoms with Gasteiger partial charge in [-0.05, 0) is 62.7 Å². The number of nitrogens with one attached hydrogen (secondary N) is 1. The Morgan fingerprint density at radius 3 is 2.83 bits per heavy atom. The van der Waals surface area contributed by atoms with Crippen LogP contribution in [0, 0.1) is 6.07 Å². The summed E-state index contributed by atoms with van der Waals surface area (Å²) in [5, 5.41) is 0.933. The number of likely N-dealkylation sites (tertiary alicyclic amines) is 1. The van der Waals surface area contributed by atoms with Crippen molar-refractivity contribution in [3.8, 4) is 17.0 Å². The molecule has 1 amide bonds. The van der Waals surface area contributed by atoms with Crippen LogP contribution in [0.3, 0.4) is 0 Å². The van der Waals surface area contributed by atoms with Gasteiger partial charge in [0.15, 0.2) is 0 Å². The van der Waals surface area contributed by atoms with Gasteiger partial charge >= 0.3 is 6.03 Å². The second kappa shape index (κ2) is 8.53. The van der Waals surface area contributed by atoms with Crippen LogP contribution in [0.15, 0.2) is 41.3 Å². The number of aromatic amines is 1. The molecule has 7 nitrogen and oxygen atoms in total. The zero-order valence-corrected chi connectivity index (χ0v) is 16.3. The molecule has 1 aromatic carbocycles. The molecule has 2 aromatic heterocycles. The number of piperidine rings is 1. The fourth-order valence-electron chi connectivity index (χ4n) is 3.81. The summed E-state index contributed by atoms with van der Waals surface area (Å²) in [5.41, 5.74) is 6.59. The lowest BCUT2D eigenvalue weighted by Gasteiger charge is -2.26. The van der Waals surface area contributed by atoms with Gasteiger partial charge in [-0.1, -0.05) is 6.42 Å². The Hall–Kier alpha value is -3.06. The molecule has 1 radical (unpaired) electrons. The average molecular weight is 393 g/mol. The molecule has 1 aliphatic rings. The number of amides is 1. The van der Waals surface area contributed by atoms with Crippen LogP contribution in [-0.4, -0.2) is 46.7 Å². The highest BCUT2D eigenvalue weighted by Gasteiger charge is 2.12. The predicted octanol–water partition coefficient (Wildman–Crippen LogP) is 2.98. The van der Waals surface area contributed by atoms with Gasteiger partial charge in [-0.2, -0.15) is 0 Å². The highest BCUT2D eigenvalue weighted by atomic mass is 16.5. The zero-order chi connectivity index (χ0) is 20.2. The fourth-order valence-corrected chi connectivity index (χ4v) is 3.81. The molecule has 0 aliphatic carbocycles. The second-order valence-corrected chi connectivity index (χ2v) is 7.40. The van der Waals surface area contributed by atoms with Gasteiger partial charge in [0.2, 0.25) is 0 Å². The number of rotatable bonds is 6. The van der Waals surface area contributed by atoms with Crippen molar-refractivity contribution < 1.29 is 9.53 Å². The maximum Gasteiger partial charge on any atom is 0.325 e. The Morgan fingerprint density at radius 2 is 2.03 bits per heavy atom. The van der Waals surface area contributed by atoms with Crippen LogP contribution in [0.4, 0.5) is 4.79 Å². The predicted molar refractivity (Wildman–Crippen MR) is 112 cm³/mol. The molecule has 151 valence electrons. The zero-order valence-electron chi connectivity index (χ0n) is 16.3. The minimum absolute atomic E-state index is 0.339. The number of nitrogens with two attached hydrogens (primary N) is 1. The summed E-state index contributed by atoms with van der Waals surface area (Å²) in [6, 6.07) is 11.2. The van der Waals surface area contributed by atoms with Crippen LogP contribution in [0.25, 0.3) is 22.2 Å². The van der Waals surface area contributed by atoms with E-state index in [4.69, 9.17) is 10.5 Å². The van der Waals surface area contributed by atoms with E-state index in [-0.39, 0.29) is 0 Å². The molecule has 1 saturated heterocycles. The molecular formula is C22H25N4O3. The van der Waals surface area contributed by atoms with Crippen molar-refractivity contribution in [1.82, 2.24) is 14.5 Å². The number of aromatic nitrogens is 2. The average Bonchev–Trinajstić information content (AvgIpc) is 3.15. The van der Waals surface area contributed by atoms with Gasteiger partial charge in [0, 0.05) is 29.7 Å². The first-order valence-electron chi connectivity index (χ1n) is 10.0. The van der Waals surface area contributed by atoms with E-state index in [0.29, 0.717) is 17.9 Å². The highest BCUT2D eigenvalue weighted by molar-refractivity contribution is 5.87. The summed E-state index contributed by atoms with van der Waals surface area (Å²) >= 11 is 0. The molecule has 0 saturated carbocycles. The summed E-state index contributed by atoms with van der Waals surface area (Å²) < 4.78 is 6.77. The molecule has 4 rings (SSSR count). The quantitative estimate of drug-likeness (QED) is 0.630. The maximum absolute atomic E-state index is 12.5. The lowest BCUT2D eigenvalue weighted by molar-refractivity contribution is 0.205. The van der Waals surface area contributed by atoms with Crippen molar-refractivity contribution in [3.63, 3.8) is 0 Å². The van der Waals surface area contributed by atoms with Crippen LogP contribution in [0.1, 0.15) is 25.7 Å². The lowest BCUT2D eigenvalue weighted by atomic mass is 10.1. The van der Waals surface area contributed by atoms with E-state index in [9.17, 15) is 9.59 Å². The number of fused-ring (bicyclic) bond motifs is 1. The van der Waals surface area contributed by atoms with Crippen LogP contribution in [0.5, 0.6) is 5.75 Å². The molecule has 7 heteroatoms. The first-order chi connectivity index (χ1) is 14.1. The number of primary amides is 1. The maximum atomic E-state index is 12.5. The number of pyridine rings is 1. The minimum Gasteiger partial charge on any atom is -0.494 e. The summed E-state index contributed by atoms with van der Waals surface area (Å²) in [7, 11) is 0. The smallest absolute Gasteiger partial charge is 0.325 e. The van der Waals surface area contributed by atoms with E-state index < -0.39 is 11.6 Å². The summed E-state index contributed by atoms with van der Waals surface area (Å²) in [5.74, 6) is 0.802. The molecule has 3 N–H and O–H groups in total. The number of nitrogens with zero attached hydrogens (tertiary/aromatic N) is 2. The van der Waals surface area contributed by atoms with Crippen LogP contribution in [-0.2, 0) is 0 Å². The summed E-state index contributed by atoms with van der Waals surface area (Å²) in [4.78, 5) is 29.5. The number of benzene rings is 1. The van der Waals surface area contributed by atoms with E-state index in [2.05, 4.69) is 16.0 Å². The van der Waals surface area contributed by atoms with Gasteiger partial charge in [0.25, 0.3) is 5.56 Å². The first-order valence-corrected chi connectivity index (χ1v) is 10.0. The molecule has 1 fully saturated rings. The van der Waals surface area contributed by atoms with Crippen molar-refractivity contribution in [2.24, 2.45) is 5.73 Å². The number of carbonyl (C=O) groups excluding carboxylic acids is 1. The largest absolute Gasteiger partial charge is 0.494 e. The van der Waals surface area contributed by atoms with Gasteiger partial charge in [0.1, 0.15) is 5.75 Å². The third-order valence-corrected chi connectivity index (χ3v) is 5.34. The molecule has 3 aromatic rings. The van der Waals surface area contributed by atoms with Crippen molar-refractivity contribution in [1.29, 1.82) is 0 Å². The topological polar surface area (TPSA) is 93.3 Å². The Bertz CT molecular complexity index is 1060. The minimum atomic E-state index is -0.829. The van der Waals surface area contributed by atoms with Gasteiger partial charge in [0.05, 0.1) is 17.9 Å². The molecule has 0 spiro atoms. The Morgan fingerprint density at radius 1 is 1.21 bits per heavy atom. The third-order valence-electron chi connectivity index (χ3n) is 5.34. The number of carbonyl (C=O) groups is 1. The standard InChI is InChI=1S/C22H25N4O3/c23-22(28)26-12-4-6-18(21(26)27)20-15-16-14-17(7-8-19(16)24-20)29-13-5-11-25-9-2-1-3-10-25/h6-8,12,14-15,24H,1-3,5,9-11,13H2,(H2,23,28). The normalized spacial score (nSPS) is 14.9. The van der Waals surface area contributed by atoms with Crippen molar-refractivity contribution in [3.05, 3.63) is 52.9 Å². The van der Waals surface area contributed by atoms with E-state index in [0.717, 1.165) is 34.2 Å². The van der Waals surface area contributed by atoms with Gasteiger partial charge in [-0.15, -0.1) is 0 Å². The van der Waals surface area contributed by atoms with Gasteiger partial charge in [-0.25, -0.2) is 9.36 Å². The third kappa shape index (κ3) is 4.35. The lowest BCUT2D eigenvalue weighted by Crippen LogP contribution is -2.31. The monoisotopic (exact) mass is 393 g/mol. The van der Waals surface area contributed by atoms with Gasteiger partial charge in [-0.3, -0.25) is 4.79 Å². The van der Waals surface area contributed by atoms with Crippen LogP contribution >= 0.6 is 0 Å². The van der Waals surface area contributed by atoms with Crippen molar-refractivity contribution in [2.45, 2.75) is 25.7 Å². The van der Waals surface area contributed by atoms with Crippen LogP contribution in [0.2, 0.25) is 0 Å². The molecule has 29 heavy (non-hydrogen) atoms. The Balaban J connectivity index is 1.45. The SMILES string of the molecule is NC(=O)n1c[c]cc(-c2cc3cc(OCCCN4CCCCC4)ccc3[nH]2)c1=O. The van der Waals surface area contributed by atoms with Crippen LogP contribution < -0.4 is 16.0 Å². The van der Waals surface area contributed by atoms with E-state index in [1.807, 2.05) is 24.3 Å². The van der Waals surface area contributed by atoms with Crippen molar-refractivity contribution >= 4 is 16.9 Å². The number of H-pyrrole nitrogens is 1. The van der Waals surface area contributed by atoms with E-state index in [1.54, 1.807) is 6.07 Å². The number of hydrogen-bond acceptors (Lipinski definition) is 4. The molecule has 1 aliphatic heterocycles. The van der Waals surface area contributed by atoms with Gasteiger partial charge < -0.3 is 20.4 Å². The number of ether oxygens (including phenoxy) is 1. The second-order valence-electron chi connectivity index (χ2n) is 7.40. The number of hydrogen-bond donors (Lipinski definition) is 2. The summed E-state index contributed by atoms with van der Waals surface area (Å²) in [6.45, 7) is 4.16. The Kier molecular flexibility index (Phi) is 5.67. The highest BCUT2D eigenvalue weighted by Crippen LogP contribution is 2.25. The molecule has 0 unspecified atom stereocenters. The molecule has 0 atom stereocenters. The molecular weight excluding hydrogens is 368 g/mol. The van der Waals surface area contributed by atoms with E-state index >= 15 is 0 Å².